The van der Waals surface area contributed by atoms with Gasteiger partial charge < -0.3 is 10.1 Å². The van der Waals surface area contributed by atoms with Gasteiger partial charge in [0.1, 0.15) is 0 Å². The Bertz CT molecular complexity index is 237. The topological polar surface area (TPSA) is 58.6 Å². The van der Waals surface area contributed by atoms with Gasteiger partial charge in [0, 0.05) is 6.61 Å². The summed E-state index contributed by atoms with van der Waals surface area (Å²) in [5, 5.41) is 2.51. The van der Waals surface area contributed by atoms with Crippen molar-refractivity contribution in [1.29, 1.82) is 0 Å². The predicted molar refractivity (Wildman–Crippen MR) is 55.4 cm³/mol. The third-order valence-corrected chi connectivity index (χ3v) is 2.47. The summed E-state index contributed by atoms with van der Waals surface area (Å²) >= 11 is 0. The Morgan fingerprint density at radius 3 is 2.53 bits per heavy atom. The zero-order valence-electron chi connectivity index (χ0n) is 9.45. The fourth-order valence-electron chi connectivity index (χ4n) is 1.57. The van der Waals surface area contributed by atoms with Gasteiger partial charge in [-0.15, -0.1) is 0 Å². The summed E-state index contributed by atoms with van der Waals surface area (Å²) in [4.78, 5) is 24.2. The molecule has 0 aromatic carbocycles. The molecule has 5 heteroatoms. The molecule has 1 heterocycles. The molecule has 0 aromatic heterocycles. The number of hydrogen-bond donors (Lipinski definition) is 1. The van der Waals surface area contributed by atoms with Crippen LogP contribution in [0.1, 0.15) is 20.8 Å². The monoisotopic (exact) mass is 214 g/mol. The normalized spacial score (nSPS) is 18.5. The Morgan fingerprint density at radius 2 is 2.13 bits per heavy atom. The molecule has 0 aliphatic carbocycles. The van der Waals surface area contributed by atoms with Crippen LogP contribution in [0, 0.1) is 5.92 Å². The molecule has 0 aromatic rings. The summed E-state index contributed by atoms with van der Waals surface area (Å²) in [6.45, 7) is 6.95. The molecule has 86 valence electrons. The highest BCUT2D eigenvalue weighted by Gasteiger charge is 2.36. The first kappa shape index (κ1) is 12.0. The molecule has 1 unspecified atom stereocenters. The van der Waals surface area contributed by atoms with Crippen molar-refractivity contribution in [3.63, 3.8) is 0 Å². The van der Waals surface area contributed by atoms with Crippen molar-refractivity contribution >= 4 is 11.9 Å². The maximum Gasteiger partial charge on any atom is 0.324 e. The minimum absolute atomic E-state index is 0.105. The van der Waals surface area contributed by atoms with Crippen LogP contribution in [0.3, 0.4) is 0 Å². The number of nitrogens with one attached hydrogen (secondary N) is 1. The van der Waals surface area contributed by atoms with Crippen molar-refractivity contribution < 1.29 is 14.3 Å². The number of carbonyl (C=O) groups is 2. The minimum atomic E-state index is -0.307. The van der Waals surface area contributed by atoms with E-state index in [2.05, 4.69) is 5.32 Å². The summed E-state index contributed by atoms with van der Waals surface area (Å²) in [5.74, 6) is 0.0303. The minimum Gasteiger partial charge on any atom is -0.380 e. The predicted octanol–water partition coefficient (Wildman–Crippen LogP) is 0.599. The second kappa shape index (κ2) is 5.11. The third kappa shape index (κ3) is 2.68. The fourth-order valence-corrected chi connectivity index (χ4v) is 1.57. The number of ether oxygens (including phenoxy) is 1. The van der Waals surface area contributed by atoms with Crippen molar-refractivity contribution in [2.24, 2.45) is 5.92 Å². The van der Waals surface area contributed by atoms with E-state index < -0.39 is 0 Å². The van der Waals surface area contributed by atoms with Crippen LogP contribution in [-0.2, 0) is 9.53 Å². The molecule has 1 N–H and O–H groups in total. The van der Waals surface area contributed by atoms with Crippen LogP contribution in [-0.4, -0.2) is 42.6 Å². The van der Waals surface area contributed by atoms with Gasteiger partial charge in [0.05, 0.1) is 19.2 Å². The lowest BCUT2D eigenvalue weighted by Gasteiger charge is -2.28. The van der Waals surface area contributed by atoms with E-state index in [9.17, 15) is 9.59 Å². The van der Waals surface area contributed by atoms with Crippen LogP contribution < -0.4 is 5.32 Å². The average molecular weight is 214 g/mol. The van der Waals surface area contributed by atoms with E-state index in [0.29, 0.717) is 13.2 Å². The van der Waals surface area contributed by atoms with Gasteiger partial charge in [-0.05, 0) is 12.8 Å². The summed E-state index contributed by atoms with van der Waals surface area (Å²) in [5.41, 5.74) is 0. The van der Waals surface area contributed by atoms with E-state index in [1.807, 2.05) is 20.8 Å². The Morgan fingerprint density at radius 1 is 1.47 bits per heavy atom. The Kier molecular flexibility index (Phi) is 4.08. The third-order valence-electron chi connectivity index (χ3n) is 2.47. The highest BCUT2D eigenvalue weighted by atomic mass is 16.5. The van der Waals surface area contributed by atoms with Crippen LogP contribution in [0.4, 0.5) is 4.79 Å². The lowest BCUT2D eigenvalue weighted by Crippen LogP contribution is -2.46. The van der Waals surface area contributed by atoms with Crippen molar-refractivity contribution in [1.82, 2.24) is 10.2 Å². The Balaban J connectivity index is 2.69. The number of imide groups is 1. The molecule has 0 saturated carbocycles. The van der Waals surface area contributed by atoms with Gasteiger partial charge in [0.2, 0.25) is 5.91 Å². The second-order valence-electron chi connectivity index (χ2n) is 3.89. The molecule has 1 rings (SSSR count). The smallest absolute Gasteiger partial charge is 0.324 e. The van der Waals surface area contributed by atoms with Crippen molar-refractivity contribution in [2.45, 2.75) is 26.8 Å². The Hall–Kier alpha value is -1.10. The first-order chi connectivity index (χ1) is 7.07. The van der Waals surface area contributed by atoms with E-state index in [4.69, 9.17) is 4.74 Å². The lowest BCUT2D eigenvalue weighted by molar-refractivity contribution is -0.128. The largest absolute Gasteiger partial charge is 0.380 e. The van der Waals surface area contributed by atoms with Crippen molar-refractivity contribution in [3.8, 4) is 0 Å². The van der Waals surface area contributed by atoms with Crippen LogP contribution >= 0.6 is 0 Å². The van der Waals surface area contributed by atoms with Crippen LogP contribution in [0.15, 0.2) is 0 Å². The summed E-state index contributed by atoms with van der Waals surface area (Å²) in [6.07, 6.45) is 0. The average Bonchev–Trinajstić information content (AvgIpc) is 2.49. The molecular formula is C10H18N2O3. The highest BCUT2D eigenvalue weighted by molar-refractivity contribution is 6.02. The SMILES string of the molecule is CCOCC(C(C)C)N1C(=O)CNC1=O. The van der Waals surface area contributed by atoms with E-state index in [1.54, 1.807) is 0 Å². The summed E-state index contributed by atoms with van der Waals surface area (Å²) in [6, 6.07) is -0.474. The number of urea groups is 1. The standard InChI is InChI=1S/C10H18N2O3/c1-4-15-6-8(7(2)3)12-9(13)5-11-10(12)14/h7-8H,4-6H2,1-3H3,(H,11,14). The molecule has 15 heavy (non-hydrogen) atoms. The molecule has 1 atom stereocenters. The van der Waals surface area contributed by atoms with Gasteiger partial charge >= 0.3 is 6.03 Å². The van der Waals surface area contributed by atoms with Gasteiger partial charge in [-0.2, -0.15) is 0 Å². The van der Waals surface area contributed by atoms with Crippen LogP contribution in [0.25, 0.3) is 0 Å². The van der Waals surface area contributed by atoms with E-state index in [0.717, 1.165) is 0 Å². The number of carbonyl (C=O) groups excluding carboxylic acids is 2. The number of amides is 3. The van der Waals surface area contributed by atoms with E-state index >= 15 is 0 Å². The zero-order chi connectivity index (χ0) is 11.4. The molecule has 1 aliphatic rings. The lowest BCUT2D eigenvalue weighted by atomic mass is 10.0. The van der Waals surface area contributed by atoms with Crippen LogP contribution in [0.5, 0.6) is 0 Å². The molecule has 1 fully saturated rings. The molecule has 1 aliphatic heterocycles. The zero-order valence-corrected chi connectivity index (χ0v) is 9.45. The molecule has 0 bridgehead atoms. The summed E-state index contributed by atoms with van der Waals surface area (Å²) < 4.78 is 5.29. The van der Waals surface area contributed by atoms with Crippen molar-refractivity contribution in [3.05, 3.63) is 0 Å². The molecule has 1 saturated heterocycles. The van der Waals surface area contributed by atoms with E-state index in [1.165, 1.54) is 4.90 Å². The molecule has 5 nitrogen and oxygen atoms in total. The number of hydrogen-bond acceptors (Lipinski definition) is 3. The Labute approximate surface area is 89.8 Å². The maximum absolute atomic E-state index is 11.5. The first-order valence-corrected chi connectivity index (χ1v) is 5.25. The maximum atomic E-state index is 11.5. The van der Waals surface area contributed by atoms with Gasteiger partial charge in [-0.1, -0.05) is 13.8 Å². The first-order valence-electron chi connectivity index (χ1n) is 5.25. The molecule has 0 radical (unpaired) electrons. The second-order valence-corrected chi connectivity index (χ2v) is 3.89. The van der Waals surface area contributed by atoms with E-state index in [-0.39, 0.29) is 30.4 Å². The quantitative estimate of drug-likeness (QED) is 0.682. The van der Waals surface area contributed by atoms with Gasteiger partial charge in [0.15, 0.2) is 0 Å². The number of rotatable bonds is 5. The summed E-state index contributed by atoms with van der Waals surface area (Å²) in [7, 11) is 0. The number of nitrogens with zero attached hydrogens (tertiary/aromatic N) is 1. The van der Waals surface area contributed by atoms with Gasteiger partial charge in [0.25, 0.3) is 0 Å². The van der Waals surface area contributed by atoms with Crippen molar-refractivity contribution in [2.75, 3.05) is 19.8 Å². The molecule has 3 amide bonds. The fraction of sp³-hybridized carbons (Fsp3) is 0.800. The highest BCUT2D eigenvalue weighted by Crippen LogP contribution is 2.14. The van der Waals surface area contributed by atoms with Crippen LogP contribution in [0.2, 0.25) is 0 Å². The molecule has 0 spiro atoms. The molecular weight excluding hydrogens is 196 g/mol. The van der Waals surface area contributed by atoms with Gasteiger partial charge in [-0.3, -0.25) is 9.69 Å². The van der Waals surface area contributed by atoms with Gasteiger partial charge in [-0.25, -0.2) is 4.79 Å².